The van der Waals surface area contributed by atoms with Crippen molar-refractivity contribution in [2.75, 3.05) is 20.8 Å². The molecule has 0 saturated carbocycles. The van der Waals surface area contributed by atoms with Gasteiger partial charge in [0.15, 0.2) is 12.6 Å². The van der Waals surface area contributed by atoms with Crippen LogP contribution < -0.4 is 15.4 Å². The minimum atomic E-state index is -4.39. The van der Waals surface area contributed by atoms with Gasteiger partial charge in [-0.1, -0.05) is 36.4 Å². The van der Waals surface area contributed by atoms with Crippen LogP contribution in [0.4, 0.5) is 13.2 Å². The monoisotopic (exact) mass is 537 g/mol. The standard InChI is InChI=1S/C21H26F3N3O2.HI/c1-15-7-8-18(19(9-15)29-14-21(22,23)24)12-27-20(25-2)26-11-16-5-4-6-17(10-16)13-28-3;/h4-10H,11-14H2,1-3H3,(H2,25,26,27);1H. The molecule has 0 aliphatic heterocycles. The molecule has 0 fully saturated rings. The highest BCUT2D eigenvalue weighted by atomic mass is 127. The van der Waals surface area contributed by atoms with Crippen molar-refractivity contribution in [3.8, 4) is 5.75 Å². The lowest BCUT2D eigenvalue weighted by Gasteiger charge is -2.16. The summed E-state index contributed by atoms with van der Waals surface area (Å²) >= 11 is 0. The average molecular weight is 537 g/mol. The lowest BCUT2D eigenvalue weighted by molar-refractivity contribution is -0.153. The van der Waals surface area contributed by atoms with Gasteiger partial charge in [0, 0.05) is 32.8 Å². The number of halogens is 4. The minimum absolute atomic E-state index is 0. The van der Waals surface area contributed by atoms with Crippen LogP contribution in [-0.4, -0.2) is 32.9 Å². The Balaban J connectivity index is 0.00000450. The van der Waals surface area contributed by atoms with E-state index in [0.29, 0.717) is 24.7 Å². The summed E-state index contributed by atoms with van der Waals surface area (Å²) < 4.78 is 47.6. The number of methoxy groups -OCH3 is 1. The molecule has 2 aromatic carbocycles. The molecular formula is C21H27F3IN3O2. The van der Waals surface area contributed by atoms with Crippen molar-refractivity contribution in [2.24, 2.45) is 4.99 Å². The van der Waals surface area contributed by atoms with E-state index in [9.17, 15) is 13.2 Å². The second kappa shape index (κ2) is 12.6. The number of aryl methyl sites for hydroxylation is 1. The zero-order valence-electron chi connectivity index (χ0n) is 17.2. The molecule has 0 radical (unpaired) electrons. The van der Waals surface area contributed by atoms with Crippen LogP contribution in [0, 0.1) is 6.92 Å². The Bertz CT molecular complexity index is 829. The van der Waals surface area contributed by atoms with Crippen LogP contribution in [0.5, 0.6) is 5.75 Å². The SMILES string of the molecule is CN=C(NCc1cccc(COC)c1)NCc1ccc(C)cc1OCC(F)(F)F.I. The quantitative estimate of drug-likeness (QED) is 0.295. The topological polar surface area (TPSA) is 54.9 Å². The number of nitrogens with zero attached hydrogens (tertiary/aromatic N) is 1. The van der Waals surface area contributed by atoms with Gasteiger partial charge in [0.05, 0.1) is 6.61 Å². The summed E-state index contributed by atoms with van der Waals surface area (Å²) in [5, 5.41) is 6.30. The summed E-state index contributed by atoms with van der Waals surface area (Å²) in [6.07, 6.45) is -4.39. The number of rotatable bonds is 8. The van der Waals surface area contributed by atoms with Gasteiger partial charge in [0.25, 0.3) is 0 Å². The zero-order chi connectivity index (χ0) is 21.3. The van der Waals surface area contributed by atoms with Gasteiger partial charge in [-0.3, -0.25) is 4.99 Å². The van der Waals surface area contributed by atoms with Gasteiger partial charge in [0.2, 0.25) is 0 Å². The highest BCUT2D eigenvalue weighted by Gasteiger charge is 2.28. The predicted molar refractivity (Wildman–Crippen MR) is 122 cm³/mol. The van der Waals surface area contributed by atoms with Crippen molar-refractivity contribution in [3.05, 3.63) is 64.7 Å². The molecule has 0 bridgehead atoms. The minimum Gasteiger partial charge on any atom is -0.484 e. The first-order valence-corrected chi connectivity index (χ1v) is 9.11. The maximum atomic E-state index is 12.5. The van der Waals surface area contributed by atoms with Gasteiger partial charge < -0.3 is 20.1 Å². The molecule has 2 aromatic rings. The van der Waals surface area contributed by atoms with Crippen LogP contribution in [0.15, 0.2) is 47.5 Å². The third-order valence-corrected chi connectivity index (χ3v) is 4.05. The first-order valence-electron chi connectivity index (χ1n) is 9.11. The first-order chi connectivity index (χ1) is 13.8. The number of benzene rings is 2. The number of nitrogens with one attached hydrogen (secondary N) is 2. The van der Waals surface area contributed by atoms with E-state index in [-0.39, 0.29) is 36.3 Å². The van der Waals surface area contributed by atoms with E-state index in [1.54, 1.807) is 33.2 Å². The van der Waals surface area contributed by atoms with E-state index >= 15 is 0 Å². The molecule has 0 spiro atoms. The molecule has 0 unspecified atom stereocenters. The smallest absolute Gasteiger partial charge is 0.422 e. The van der Waals surface area contributed by atoms with Crippen molar-refractivity contribution in [2.45, 2.75) is 32.8 Å². The molecule has 166 valence electrons. The Kier molecular flexibility index (Phi) is 11.0. The summed E-state index contributed by atoms with van der Waals surface area (Å²) in [7, 11) is 3.28. The zero-order valence-corrected chi connectivity index (χ0v) is 19.5. The van der Waals surface area contributed by atoms with E-state index in [2.05, 4.69) is 15.6 Å². The maximum absolute atomic E-state index is 12.5. The van der Waals surface area contributed by atoms with Crippen LogP contribution in [-0.2, 0) is 24.4 Å². The fraction of sp³-hybridized carbons (Fsp3) is 0.381. The number of alkyl halides is 3. The third kappa shape index (κ3) is 9.21. The van der Waals surface area contributed by atoms with E-state index in [1.807, 2.05) is 30.3 Å². The lowest BCUT2D eigenvalue weighted by Crippen LogP contribution is -2.36. The fourth-order valence-electron chi connectivity index (χ4n) is 2.68. The number of aliphatic imine (C=N–C) groups is 1. The van der Waals surface area contributed by atoms with Crippen LogP contribution >= 0.6 is 24.0 Å². The molecule has 0 amide bonds. The molecule has 0 aliphatic rings. The van der Waals surface area contributed by atoms with Crippen molar-refractivity contribution >= 4 is 29.9 Å². The molecule has 0 aromatic heterocycles. The molecule has 5 nitrogen and oxygen atoms in total. The van der Waals surface area contributed by atoms with Gasteiger partial charge in [-0.15, -0.1) is 24.0 Å². The van der Waals surface area contributed by atoms with Crippen LogP contribution in [0.25, 0.3) is 0 Å². The molecule has 9 heteroatoms. The number of hydrogen-bond donors (Lipinski definition) is 2. The van der Waals surface area contributed by atoms with Crippen molar-refractivity contribution in [1.82, 2.24) is 10.6 Å². The molecule has 0 saturated heterocycles. The normalized spacial score (nSPS) is 11.6. The van der Waals surface area contributed by atoms with Crippen molar-refractivity contribution in [3.63, 3.8) is 0 Å². The molecule has 0 atom stereocenters. The van der Waals surface area contributed by atoms with Gasteiger partial charge in [0.1, 0.15) is 5.75 Å². The average Bonchev–Trinajstić information content (AvgIpc) is 2.67. The molecule has 0 heterocycles. The first kappa shape index (κ1) is 26.0. The Hall–Kier alpha value is -2.01. The highest BCUT2D eigenvalue weighted by molar-refractivity contribution is 14.0. The number of hydrogen-bond acceptors (Lipinski definition) is 3. The number of ether oxygens (including phenoxy) is 2. The Morgan fingerprint density at radius 3 is 2.40 bits per heavy atom. The largest absolute Gasteiger partial charge is 0.484 e. The summed E-state index contributed by atoms with van der Waals surface area (Å²) in [4.78, 5) is 4.16. The van der Waals surface area contributed by atoms with Gasteiger partial charge in [-0.05, 0) is 29.7 Å². The highest BCUT2D eigenvalue weighted by Crippen LogP contribution is 2.23. The Morgan fingerprint density at radius 1 is 1.03 bits per heavy atom. The summed E-state index contributed by atoms with van der Waals surface area (Å²) in [5.41, 5.74) is 3.57. The number of guanidine groups is 1. The third-order valence-electron chi connectivity index (χ3n) is 4.05. The Morgan fingerprint density at radius 2 is 1.73 bits per heavy atom. The van der Waals surface area contributed by atoms with Crippen LogP contribution in [0.1, 0.15) is 22.3 Å². The van der Waals surface area contributed by atoms with E-state index in [4.69, 9.17) is 9.47 Å². The van der Waals surface area contributed by atoms with E-state index in [0.717, 1.165) is 16.7 Å². The van der Waals surface area contributed by atoms with Gasteiger partial charge in [-0.2, -0.15) is 13.2 Å². The second-order valence-electron chi connectivity index (χ2n) is 6.55. The molecule has 30 heavy (non-hydrogen) atoms. The lowest BCUT2D eigenvalue weighted by atomic mass is 10.1. The molecular weight excluding hydrogens is 510 g/mol. The molecule has 0 aliphatic carbocycles. The van der Waals surface area contributed by atoms with E-state index < -0.39 is 12.8 Å². The van der Waals surface area contributed by atoms with Crippen molar-refractivity contribution in [1.29, 1.82) is 0 Å². The molecule has 2 N–H and O–H groups in total. The summed E-state index contributed by atoms with van der Waals surface area (Å²) in [6.45, 7) is 1.83. The summed E-state index contributed by atoms with van der Waals surface area (Å²) in [5.74, 6) is 0.738. The van der Waals surface area contributed by atoms with Gasteiger partial charge >= 0.3 is 6.18 Å². The second-order valence-corrected chi connectivity index (χ2v) is 6.55. The van der Waals surface area contributed by atoms with E-state index in [1.165, 1.54) is 0 Å². The molecule has 2 rings (SSSR count). The summed E-state index contributed by atoms with van der Waals surface area (Å²) in [6, 6.07) is 13.1. The van der Waals surface area contributed by atoms with Gasteiger partial charge in [-0.25, -0.2) is 0 Å². The van der Waals surface area contributed by atoms with Crippen molar-refractivity contribution < 1.29 is 22.6 Å². The van der Waals surface area contributed by atoms with Crippen LogP contribution in [0.2, 0.25) is 0 Å². The van der Waals surface area contributed by atoms with Crippen LogP contribution in [0.3, 0.4) is 0 Å². The Labute approximate surface area is 192 Å². The predicted octanol–water partition coefficient (Wildman–Crippen LogP) is 4.57. The maximum Gasteiger partial charge on any atom is 0.422 e. The fourth-order valence-corrected chi connectivity index (χ4v) is 2.68.